The van der Waals surface area contributed by atoms with E-state index in [1.54, 1.807) is 36.4 Å². The molecule has 0 saturated heterocycles. The number of rotatable bonds is 5. The average molecular weight is 366 g/mol. The summed E-state index contributed by atoms with van der Waals surface area (Å²) in [6.45, 7) is 1.40. The number of hydrogen-bond acceptors (Lipinski definition) is 4. The third kappa shape index (κ3) is 4.66. The fourth-order valence-corrected chi connectivity index (χ4v) is 2.87. The van der Waals surface area contributed by atoms with E-state index in [-0.39, 0.29) is 5.56 Å². The topological polar surface area (TPSA) is 72.5 Å². The van der Waals surface area contributed by atoms with Gasteiger partial charge in [-0.1, -0.05) is 29.8 Å². The van der Waals surface area contributed by atoms with Gasteiger partial charge in [0, 0.05) is 17.0 Å². The SMILES string of the molecule is Cc1ccc(NC(=O)COC(=O)c2ccccc2[S@@](C)=O)cc1Cl. The van der Waals surface area contributed by atoms with Gasteiger partial charge in [-0.15, -0.1) is 0 Å². The molecule has 2 aromatic rings. The highest BCUT2D eigenvalue weighted by atomic mass is 35.5. The van der Waals surface area contributed by atoms with E-state index in [1.165, 1.54) is 12.3 Å². The van der Waals surface area contributed by atoms with Gasteiger partial charge < -0.3 is 10.1 Å². The zero-order chi connectivity index (χ0) is 17.7. The molecule has 2 aromatic carbocycles. The number of aryl methyl sites for hydroxylation is 1. The second-order valence-corrected chi connectivity index (χ2v) is 6.79. The molecule has 0 aliphatic rings. The minimum absolute atomic E-state index is 0.185. The van der Waals surface area contributed by atoms with Crippen LogP contribution in [-0.2, 0) is 20.3 Å². The third-order valence-corrected chi connectivity index (χ3v) is 4.59. The van der Waals surface area contributed by atoms with Crippen LogP contribution in [0.5, 0.6) is 0 Å². The molecule has 0 saturated carbocycles. The van der Waals surface area contributed by atoms with E-state index >= 15 is 0 Å². The van der Waals surface area contributed by atoms with E-state index in [9.17, 15) is 13.8 Å². The summed E-state index contributed by atoms with van der Waals surface area (Å²) < 4.78 is 16.6. The Bertz CT molecular complexity index is 807. The lowest BCUT2D eigenvalue weighted by Crippen LogP contribution is -2.21. The molecule has 0 bridgehead atoms. The van der Waals surface area contributed by atoms with Crippen molar-refractivity contribution < 1.29 is 18.5 Å². The zero-order valence-corrected chi connectivity index (χ0v) is 14.7. The first-order valence-corrected chi connectivity index (χ1v) is 8.97. The van der Waals surface area contributed by atoms with Gasteiger partial charge in [-0.2, -0.15) is 0 Å². The van der Waals surface area contributed by atoms with Crippen LogP contribution in [0.4, 0.5) is 5.69 Å². The molecule has 5 nitrogen and oxygen atoms in total. The van der Waals surface area contributed by atoms with Gasteiger partial charge in [0.2, 0.25) is 0 Å². The van der Waals surface area contributed by atoms with Crippen LogP contribution in [0.15, 0.2) is 47.4 Å². The number of anilines is 1. The van der Waals surface area contributed by atoms with Crippen LogP contribution in [0.2, 0.25) is 5.02 Å². The number of ether oxygens (including phenoxy) is 1. The molecule has 2 rings (SSSR count). The first-order valence-electron chi connectivity index (χ1n) is 7.04. The minimum Gasteiger partial charge on any atom is -0.452 e. The van der Waals surface area contributed by atoms with Crippen molar-refractivity contribution in [1.82, 2.24) is 0 Å². The number of amides is 1. The first kappa shape index (κ1) is 18.2. The summed E-state index contributed by atoms with van der Waals surface area (Å²) in [6, 6.07) is 11.5. The molecule has 0 aromatic heterocycles. The molecule has 0 spiro atoms. The number of esters is 1. The van der Waals surface area contributed by atoms with Crippen molar-refractivity contribution in [2.45, 2.75) is 11.8 Å². The quantitative estimate of drug-likeness (QED) is 0.826. The van der Waals surface area contributed by atoms with Gasteiger partial charge in [0.1, 0.15) is 0 Å². The highest BCUT2D eigenvalue weighted by molar-refractivity contribution is 7.84. The van der Waals surface area contributed by atoms with Gasteiger partial charge in [-0.25, -0.2) is 4.79 Å². The molecule has 1 amide bonds. The number of carbonyl (C=O) groups excluding carboxylic acids is 2. The summed E-state index contributed by atoms with van der Waals surface area (Å²) in [6.07, 6.45) is 1.47. The molecular weight excluding hydrogens is 350 g/mol. The molecule has 0 unspecified atom stereocenters. The summed E-state index contributed by atoms with van der Waals surface area (Å²) in [5.41, 5.74) is 1.59. The smallest absolute Gasteiger partial charge is 0.339 e. The van der Waals surface area contributed by atoms with Crippen molar-refractivity contribution >= 4 is 40.0 Å². The van der Waals surface area contributed by atoms with Gasteiger partial charge in [0.05, 0.1) is 21.3 Å². The predicted molar refractivity (Wildman–Crippen MR) is 93.9 cm³/mol. The van der Waals surface area contributed by atoms with Gasteiger partial charge in [0.25, 0.3) is 5.91 Å². The van der Waals surface area contributed by atoms with Crippen LogP contribution in [0.3, 0.4) is 0 Å². The molecular formula is C17H16ClNO4S. The van der Waals surface area contributed by atoms with Crippen molar-refractivity contribution in [3.8, 4) is 0 Å². The lowest BCUT2D eigenvalue weighted by molar-refractivity contribution is -0.119. The Labute approximate surface area is 147 Å². The lowest BCUT2D eigenvalue weighted by Gasteiger charge is -2.09. The highest BCUT2D eigenvalue weighted by Gasteiger charge is 2.16. The summed E-state index contributed by atoms with van der Waals surface area (Å²) in [5, 5.41) is 3.13. The standard InChI is InChI=1S/C17H16ClNO4S/c1-11-7-8-12(9-14(11)18)19-16(20)10-23-17(21)13-5-3-4-6-15(13)24(2)22/h3-9H,10H2,1-2H3,(H,19,20)/t24-/m1/s1. The molecule has 0 radical (unpaired) electrons. The van der Waals surface area contributed by atoms with E-state index in [0.717, 1.165) is 5.56 Å². The fourth-order valence-electron chi connectivity index (χ4n) is 1.96. The number of benzene rings is 2. The van der Waals surface area contributed by atoms with Crippen LogP contribution in [0.1, 0.15) is 15.9 Å². The van der Waals surface area contributed by atoms with Crippen molar-refractivity contribution in [2.75, 3.05) is 18.2 Å². The molecule has 0 aliphatic heterocycles. The maximum Gasteiger partial charge on any atom is 0.339 e. The normalized spacial score (nSPS) is 11.6. The third-order valence-electron chi connectivity index (χ3n) is 3.21. The molecule has 0 fully saturated rings. The molecule has 1 N–H and O–H groups in total. The number of carbonyl (C=O) groups is 2. The fraction of sp³-hybridized carbons (Fsp3) is 0.176. The van der Waals surface area contributed by atoms with E-state index in [1.807, 2.05) is 6.92 Å². The maximum atomic E-state index is 12.1. The van der Waals surface area contributed by atoms with Crippen LogP contribution in [-0.4, -0.2) is 28.9 Å². The van der Waals surface area contributed by atoms with Gasteiger partial charge in [-0.05, 0) is 36.8 Å². The Hall–Kier alpha value is -2.18. The Morgan fingerprint density at radius 3 is 2.58 bits per heavy atom. The molecule has 0 aliphatic carbocycles. The molecule has 1 atom stereocenters. The van der Waals surface area contributed by atoms with Crippen LogP contribution < -0.4 is 5.32 Å². The molecule has 126 valence electrons. The Morgan fingerprint density at radius 2 is 1.92 bits per heavy atom. The van der Waals surface area contributed by atoms with Gasteiger partial charge in [0.15, 0.2) is 6.61 Å². The van der Waals surface area contributed by atoms with Gasteiger partial charge >= 0.3 is 5.97 Å². The minimum atomic E-state index is -1.33. The summed E-state index contributed by atoms with van der Waals surface area (Å²) in [7, 11) is -1.33. The maximum absolute atomic E-state index is 12.1. The van der Waals surface area contributed by atoms with E-state index in [4.69, 9.17) is 16.3 Å². The monoisotopic (exact) mass is 365 g/mol. The van der Waals surface area contributed by atoms with E-state index in [2.05, 4.69) is 5.32 Å². The lowest BCUT2D eigenvalue weighted by atomic mass is 10.2. The van der Waals surface area contributed by atoms with E-state index < -0.39 is 29.3 Å². The molecule has 24 heavy (non-hydrogen) atoms. The predicted octanol–water partition coefficient (Wildman–Crippen LogP) is 3.18. The highest BCUT2D eigenvalue weighted by Crippen LogP contribution is 2.20. The summed E-state index contributed by atoms with van der Waals surface area (Å²) >= 11 is 5.99. The largest absolute Gasteiger partial charge is 0.452 e. The second-order valence-electron chi connectivity index (χ2n) is 5.04. The summed E-state index contributed by atoms with van der Waals surface area (Å²) in [4.78, 5) is 24.3. The van der Waals surface area contributed by atoms with Crippen LogP contribution >= 0.6 is 11.6 Å². The Balaban J connectivity index is 1.97. The number of nitrogens with one attached hydrogen (secondary N) is 1. The van der Waals surface area contributed by atoms with Crippen molar-refractivity contribution in [3.05, 3.63) is 58.6 Å². The molecule has 0 heterocycles. The number of halogens is 1. The average Bonchev–Trinajstić information content (AvgIpc) is 2.56. The Morgan fingerprint density at radius 1 is 1.21 bits per heavy atom. The van der Waals surface area contributed by atoms with Gasteiger partial charge in [-0.3, -0.25) is 9.00 Å². The van der Waals surface area contributed by atoms with Crippen molar-refractivity contribution in [2.24, 2.45) is 0 Å². The van der Waals surface area contributed by atoms with E-state index in [0.29, 0.717) is 15.6 Å². The zero-order valence-electron chi connectivity index (χ0n) is 13.2. The number of hydrogen-bond donors (Lipinski definition) is 1. The van der Waals surface area contributed by atoms with Crippen LogP contribution in [0, 0.1) is 6.92 Å². The van der Waals surface area contributed by atoms with Crippen molar-refractivity contribution in [1.29, 1.82) is 0 Å². The second kappa shape index (κ2) is 8.08. The molecule has 7 heteroatoms. The first-order chi connectivity index (χ1) is 11.4. The van der Waals surface area contributed by atoms with Crippen molar-refractivity contribution in [3.63, 3.8) is 0 Å². The van der Waals surface area contributed by atoms with Crippen LogP contribution in [0.25, 0.3) is 0 Å². The Kier molecular flexibility index (Phi) is 6.11. The summed E-state index contributed by atoms with van der Waals surface area (Å²) in [5.74, 6) is -1.18.